The topological polar surface area (TPSA) is 63.2 Å². The van der Waals surface area contributed by atoms with Crippen LogP contribution in [0.5, 0.6) is 28.7 Å². The molecule has 0 saturated heterocycles. The van der Waals surface area contributed by atoms with E-state index in [0.717, 1.165) is 16.5 Å². The van der Waals surface area contributed by atoms with Crippen molar-refractivity contribution in [1.82, 2.24) is 0 Å². The molecular weight excluding hydrogens is 348 g/mol. The lowest BCUT2D eigenvalue weighted by Gasteiger charge is -2.14. The highest BCUT2D eigenvalue weighted by Gasteiger charge is 2.18. The third kappa shape index (κ3) is 3.74. The van der Waals surface area contributed by atoms with E-state index in [1.54, 1.807) is 31.4 Å². The third-order valence-corrected chi connectivity index (χ3v) is 4.13. The largest absolute Gasteiger partial charge is 0.497 e. The molecule has 3 aromatic carbocycles. The summed E-state index contributed by atoms with van der Waals surface area (Å²) < 4.78 is 26.6. The molecule has 6 nitrogen and oxygen atoms in total. The molecule has 140 valence electrons. The standard InChI is InChI=1S/C21H20O6/c1-23-16-7-5-13-6-8-17(10-14(13)9-16)27-21(22)15-11-18(24-2)20(26-4)19(12-15)25-3/h5-12H,1-4H3. The van der Waals surface area contributed by atoms with Crippen LogP contribution in [0.25, 0.3) is 10.8 Å². The molecule has 0 fully saturated rings. The fourth-order valence-electron chi connectivity index (χ4n) is 2.76. The highest BCUT2D eigenvalue weighted by atomic mass is 16.5. The number of rotatable bonds is 6. The summed E-state index contributed by atoms with van der Waals surface area (Å²) >= 11 is 0. The lowest BCUT2D eigenvalue weighted by molar-refractivity contribution is 0.0734. The average Bonchev–Trinajstić information content (AvgIpc) is 2.71. The smallest absolute Gasteiger partial charge is 0.343 e. The molecule has 0 atom stereocenters. The SMILES string of the molecule is COc1ccc2ccc(OC(=O)c3cc(OC)c(OC)c(OC)c3)cc2c1. The van der Waals surface area contributed by atoms with Gasteiger partial charge in [-0.15, -0.1) is 0 Å². The van der Waals surface area contributed by atoms with Crippen molar-refractivity contribution >= 4 is 16.7 Å². The van der Waals surface area contributed by atoms with E-state index < -0.39 is 5.97 Å². The van der Waals surface area contributed by atoms with Gasteiger partial charge in [0.1, 0.15) is 11.5 Å². The van der Waals surface area contributed by atoms with E-state index in [0.29, 0.717) is 23.0 Å². The highest BCUT2D eigenvalue weighted by molar-refractivity contribution is 5.93. The zero-order chi connectivity index (χ0) is 19.4. The summed E-state index contributed by atoms with van der Waals surface area (Å²) in [7, 11) is 6.09. The Kier molecular flexibility index (Phi) is 5.35. The Morgan fingerprint density at radius 3 is 1.81 bits per heavy atom. The van der Waals surface area contributed by atoms with Crippen molar-refractivity contribution in [1.29, 1.82) is 0 Å². The molecule has 0 aliphatic rings. The predicted octanol–water partition coefficient (Wildman–Crippen LogP) is 4.09. The van der Waals surface area contributed by atoms with Gasteiger partial charge in [-0.25, -0.2) is 4.79 Å². The summed E-state index contributed by atoms with van der Waals surface area (Å²) in [5, 5.41) is 1.92. The summed E-state index contributed by atoms with van der Waals surface area (Å²) in [5.74, 6) is 1.80. The molecule has 6 heteroatoms. The Balaban J connectivity index is 1.91. The zero-order valence-electron chi connectivity index (χ0n) is 15.6. The number of ether oxygens (including phenoxy) is 5. The number of benzene rings is 3. The van der Waals surface area contributed by atoms with Gasteiger partial charge in [-0.3, -0.25) is 0 Å². The van der Waals surface area contributed by atoms with E-state index >= 15 is 0 Å². The van der Waals surface area contributed by atoms with E-state index in [4.69, 9.17) is 23.7 Å². The van der Waals surface area contributed by atoms with Crippen molar-refractivity contribution in [2.24, 2.45) is 0 Å². The van der Waals surface area contributed by atoms with E-state index in [2.05, 4.69) is 0 Å². The number of hydrogen-bond donors (Lipinski definition) is 0. The first kappa shape index (κ1) is 18.4. The van der Waals surface area contributed by atoms with Gasteiger partial charge in [0, 0.05) is 0 Å². The molecule has 0 aromatic heterocycles. The lowest BCUT2D eigenvalue weighted by atomic mass is 10.1. The van der Waals surface area contributed by atoms with Gasteiger partial charge in [0.2, 0.25) is 5.75 Å². The fraction of sp³-hybridized carbons (Fsp3) is 0.190. The molecule has 0 unspecified atom stereocenters. The van der Waals surface area contributed by atoms with Gasteiger partial charge in [0.25, 0.3) is 0 Å². The molecule has 0 spiro atoms. The van der Waals surface area contributed by atoms with Crippen LogP contribution in [0, 0.1) is 0 Å². The first-order chi connectivity index (χ1) is 13.1. The van der Waals surface area contributed by atoms with Crippen molar-refractivity contribution in [3.63, 3.8) is 0 Å². The van der Waals surface area contributed by atoms with Crippen LogP contribution in [0.4, 0.5) is 0 Å². The van der Waals surface area contributed by atoms with Crippen LogP contribution >= 0.6 is 0 Å². The minimum Gasteiger partial charge on any atom is -0.497 e. The number of carbonyl (C=O) groups excluding carboxylic acids is 1. The quantitative estimate of drug-likeness (QED) is 0.482. The minimum absolute atomic E-state index is 0.287. The van der Waals surface area contributed by atoms with Crippen molar-refractivity contribution in [3.05, 3.63) is 54.1 Å². The zero-order valence-corrected chi connectivity index (χ0v) is 15.6. The molecule has 0 aliphatic heterocycles. The molecule has 27 heavy (non-hydrogen) atoms. The molecule has 0 bridgehead atoms. The molecule has 3 rings (SSSR count). The Hall–Kier alpha value is -3.41. The monoisotopic (exact) mass is 368 g/mol. The van der Waals surface area contributed by atoms with E-state index in [1.165, 1.54) is 21.3 Å². The Morgan fingerprint density at radius 2 is 1.26 bits per heavy atom. The summed E-state index contributed by atoms with van der Waals surface area (Å²) in [5.41, 5.74) is 0.287. The summed E-state index contributed by atoms with van der Waals surface area (Å²) in [6.07, 6.45) is 0. The van der Waals surface area contributed by atoms with Crippen LogP contribution < -0.4 is 23.7 Å². The van der Waals surface area contributed by atoms with Crippen LogP contribution in [0.2, 0.25) is 0 Å². The van der Waals surface area contributed by atoms with Crippen molar-refractivity contribution in [2.45, 2.75) is 0 Å². The first-order valence-corrected chi connectivity index (χ1v) is 8.19. The Labute approximate surface area is 157 Å². The maximum Gasteiger partial charge on any atom is 0.343 e. The maximum absolute atomic E-state index is 12.6. The van der Waals surface area contributed by atoms with Gasteiger partial charge < -0.3 is 23.7 Å². The summed E-state index contributed by atoms with van der Waals surface area (Å²) in [4.78, 5) is 12.6. The number of methoxy groups -OCH3 is 4. The van der Waals surface area contributed by atoms with Crippen molar-refractivity contribution in [3.8, 4) is 28.7 Å². The Bertz CT molecular complexity index is 955. The molecule has 0 heterocycles. The van der Waals surface area contributed by atoms with Gasteiger partial charge in [-0.2, -0.15) is 0 Å². The van der Waals surface area contributed by atoms with Crippen LogP contribution in [-0.4, -0.2) is 34.4 Å². The Morgan fingerprint density at radius 1 is 0.667 bits per heavy atom. The average molecular weight is 368 g/mol. The van der Waals surface area contributed by atoms with Crippen LogP contribution in [0.3, 0.4) is 0 Å². The summed E-state index contributed by atoms with van der Waals surface area (Å²) in [6.45, 7) is 0. The van der Waals surface area contributed by atoms with Crippen molar-refractivity contribution < 1.29 is 28.5 Å². The van der Waals surface area contributed by atoms with Gasteiger partial charge in [-0.1, -0.05) is 12.1 Å². The lowest BCUT2D eigenvalue weighted by Crippen LogP contribution is -2.09. The molecule has 0 N–H and O–H groups in total. The van der Waals surface area contributed by atoms with E-state index in [9.17, 15) is 4.79 Å². The fourth-order valence-corrected chi connectivity index (χ4v) is 2.76. The molecule has 0 amide bonds. The number of carbonyl (C=O) groups is 1. The molecule has 0 radical (unpaired) electrons. The minimum atomic E-state index is -0.531. The van der Waals surface area contributed by atoms with Gasteiger partial charge in [-0.05, 0) is 47.2 Å². The third-order valence-electron chi connectivity index (χ3n) is 4.13. The molecule has 3 aromatic rings. The second-order valence-corrected chi connectivity index (χ2v) is 5.68. The van der Waals surface area contributed by atoms with E-state index in [1.807, 2.05) is 24.3 Å². The number of hydrogen-bond acceptors (Lipinski definition) is 6. The molecule has 0 saturated carbocycles. The second kappa shape index (κ2) is 7.86. The molecular formula is C21H20O6. The predicted molar refractivity (Wildman–Crippen MR) is 102 cm³/mol. The van der Waals surface area contributed by atoms with Crippen LogP contribution in [0.15, 0.2) is 48.5 Å². The normalized spacial score (nSPS) is 10.4. The molecule has 0 aliphatic carbocycles. The van der Waals surface area contributed by atoms with Crippen LogP contribution in [0.1, 0.15) is 10.4 Å². The van der Waals surface area contributed by atoms with Gasteiger partial charge in [0.15, 0.2) is 11.5 Å². The van der Waals surface area contributed by atoms with Gasteiger partial charge >= 0.3 is 5.97 Å². The number of fused-ring (bicyclic) bond motifs is 1. The van der Waals surface area contributed by atoms with Crippen molar-refractivity contribution in [2.75, 3.05) is 28.4 Å². The van der Waals surface area contributed by atoms with Crippen LogP contribution in [-0.2, 0) is 0 Å². The maximum atomic E-state index is 12.6. The summed E-state index contributed by atoms with van der Waals surface area (Å²) in [6, 6.07) is 14.2. The second-order valence-electron chi connectivity index (χ2n) is 5.68. The highest BCUT2D eigenvalue weighted by Crippen LogP contribution is 2.38. The first-order valence-electron chi connectivity index (χ1n) is 8.19. The van der Waals surface area contributed by atoms with Gasteiger partial charge in [0.05, 0.1) is 34.0 Å². The van der Waals surface area contributed by atoms with E-state index in [-0.39, 0.29) is 5.56 Å². The number of esters is 1.